The first-order valence-corrected chi connectivity index (χ1v) is 10.6. The number of ether oxygens (including phenoxy) is 1. The maximum absolute atomic E-state index is 12.8. The zero-order chi connectivity index (χ0) is 17.9. The average molecular weight is 367 g/mol. The van der Waals surface area contributed by atoms with Gasteiger partial charge in [-0.05, 0) is 37.8 Å². The normalized spacial score (nSPS) is 23.4. The molecule has 7 nitrogen and oxygen atoms in total. The molecule has 0 radical (unpaired) electrons. The van der Waals surface area contributed by atoms with Gasteiger partial charge >= 0.3 is 0 Å². The minimum absolute atomic E-state index is 0.00351. The fraction of sp³-hybridized carbons (Fsp3) is 0.647. The van der Waals surface area contributed by atoms with Gasteiger partial charge in [0.15, 0.2) is 0 Å². The summed E-state index contributed by atoms with van der Waals surface area (Å²) in [5.74, 6) is 0.824. The zero-order valence-corrected chi connectivity index (χ0v) is 15.3. The van der Waals surface area contributed by atoms with E-state index in [1.54, 1.807) is 12.4 Å². The highest BCUT2D eigenvalue weighted by molar-refractivity contribution is 7.88. The van der Waals surface area contributed by atoms with E-state index in [1.165, 1.54) is 10.6 Å². The van der Waals surface area contributed by atoms with Crippen molar-refractivity contribution in [3.8, 4) is 5.75 Å². The summed E-state index contributed by atoms with van der Waals surface area (Å²) in [5, 5.41) is 0. The highest BCUT2D eigenvalue weighted by Crippen LogP contribution is 2.24. The van der Waals surface area contributed by atoms with Crippen LogP contribution < -0.4 is 4.74 Å². The average Bonchev–Trinajstić information content (AvgIpc) is 2.61. The summed E-state index contributed by atoms with van der Waals surface area (Å²) in [5.41, 5.74) is 0. The summed E-state index contributed by atoms with van der Waals surface area (Å²) in [4.78, 5) is 18.7. The minimum Gasteiger partial charge on any atom is -0.488 e. The van der Waals surface area contributed by atoms with Crippen molar-refractivity contribution in [1.82, 2.24) is 14.2 Å². The van der Waals surface area contributed by atoms with Gasteiger partial charge in [0.2, 0.25) is 15.9 Å². The van der Waals surface area contributed by atoms with Crippen molar-refractivity contribution in [1.29, 1.82) is 0 Å². The Hall–Kier alpha value is -1.67. The minimum atomic E-state index is -3.16. The van der Waals surface area contributed by atoms with Crippen LogP contribution in [0.15, 0.2) is 24.5 Å². The third kappa shape index (κ3) is 4.70. The zero-order valence-electron chi connectivity index (χ0n) is 14.5. The second-order valence-electron chi connectivity index (χ2n) is 6.79. The van der Waals surface area contributed by atoms with Crippen LogP contribution in [0.3, 0.4) is 0 Å². The number of carbonyl (C=O) groups is 1. The van der Waals surface area contributed by atoms with Gasteiger partial charge in [0.05, 0.1) is 12.8 Å². The molecule has 25 heavy (non-hydrogen) atoms. The quantitative estimate of drug-likeness (QED) is 0.797. The second kappa shape index (κ2) is 7.70. The van der Waals surface area contributed by atoms with Gasteiger partial charge in [-0.15, -0.1) is 0 Å². The summed E-state index contributed by atoms with van der Waals surface area (Å²) in [7, 11) is -3.16. The Kier molecular flexibility index (Phi) is 5.58. The molecule has 8 heteroatoms. The van der Waals surface area contributed by atoms with Crippen molar-refractivity contribution in [2.45, 2.75) is 31.8 Å². The van der Waals surface area contributed by atoms with E-state index >= 15 is 0 Å². The molecule has 1 amide bonds. The molecule has 3 rings (SSSR count). The van der Waals surface area contributed by atoms with E-state index in [2.05, 4.69) is 4.98 Å². The molecule has 0 saturated carbocycles. The predicted octanol–water partition coefficient (Wildman–Crippen LogP) is 1.12. The van der Waals surface area contributed by atoms with Gasteiger partial charge in [0, 0.05) is 37.9 Å². The van der Waals surface area contributed by atoms with Gasteiger partial charge in [-0.3, -0.25) is 9.78 Å². The standard InChI is InChI=1S/C17H25N3O4S/c1-25(22,23)20-11-6-14(7-12-20)17(21)19-10-2-3-16(13-19)24-15-4-8-18-9-5-15/h4-5,8-9,14,16H,2-3,6-7,10-13H2,1H3/t16-/m0/s1. The Morgan fingerprint density at radius 3 is 2.48 bits per heavy atom. The Labute approximate surface area is 149 Å². The van der Waals surface area contributed by atoms with Crippen LogP contribution >= 0.6 is 0 Å². The maximum Gasteiger partial charge on any atom is 0.225 e. The Balaban J connectivity index is 1.54. The van der Waals surface area contributed by atoms with E-state index < -0.39 is 10.0 Å². The number of hydrogen-bond acceptors (Lipinski definition) is 5. The van der Waals surface area contributed by atoms with Crippen molar-refractivity contribution in [2.24, 2.45) is 5.92 Å². The molecule has 2 aliphatic rings. The number of piperidine rings is 2. The van der Waals surface area contributed by atoms with Gasteiger partial charge in [-0.2, -0.15) is 0 Å². The lowest BCUT2D eigenvalue weighted by molar-refractivity contribution is -0.139. The molecule has 0 bridgehead atoms. The number of amides is 1. The summed E-state index contributed by atoms with van der Waals surface area (Å²) in [6.45, 7) is 2.20. The molecular formula is C17H25N3O4S. The molecule has 2 saturated heterocycles. The molecule has 0 N–H and O–H groups in total. The van der Waals surface area contributed by atoms with E-state index in [0.717, 1.165) is 25.1 Å². The molecule has 0 unspecified atom stereocenters. The number of aromatic nitrogens is 1. The third-order valence-corrected chi connectivity index (χ3v) is 6.22. The Morgan fingerprint density at radius 2 is 1.84 bits per heavy atom. The monoisotopic (exact) mass is 367 g/mol. The van der Waals surface area contributed by atoms with Crippen LogP contribution in [0, 0.1) is 5.92 Å². The molecule has 0 aromatic carbocycles. The van der Waals surface area contributed by atoms with Gasteiger partial charge in [0.1, 0.15) is 11.9 Å². The first kappa shape index (κ1) is 18.1. The van der Waals surface area contributed by atoms with Crippen LogP contribution in [0.25, 0.3) is 0 Å². The van der Waals surface area contributed by atoms with Crippen LogP contribution in [0.2, 0.25) is 0 Å². The lowest BCUT2D eigenvalue weighted by Crippen LogP contribution is -2.49. The van der Waals surface area contributed by atoms with Crippen molar-refractivity contribution in [3.05, 3.63) is 24.5 Å². The fourth-order valence-corrected chi connectivity index (χ4v) is 4.41. The Morgan fingerprint density at radius 1 is 1.16 bits per heavy atom. The summed E-state index contributed by atoms with van der Waals surface area (Å²) < 4.78 is 30.6. The van der Waals surface area contributed by atoms with E-state index in [4.69, 9.17) is 4.74 Å². The first-order valence-electron chi connectivity index (χ1n) is 8.74. The number of pyridine rings is 1. The number of nitrogens with zero attached hydrogens (tertiary/aromatic N) is 3. The van der Waals surface area contributed by atoms with Crippen LogP contribution in [-0.2, 0) is 14.8 Å². The topological polar surface area (TPSA) is 79.8 Å². The van der Waals surface area contributed by atoms with Crippen LogP contribution in [0.1, 0.15) is 25.7 Å². The molecule has 3 heterocycles. The highest BCUT2D eigenvalue weighted by Gasteiger charge is 2.33. The Bertz CT molecular complexity index is 687. The smallest absolute Gasteiger partial charge is 0.225 e. The van der Waals surface area contributed by atoms with Gasteiger partial charge in [-0.25, -0.2) is 12.7 Å². The predicted molar refractivity (Wildman–Crippen MR) is 93.6 cm³/mol. The molecule has 0 spiro atoms. The van der Waals surface area contributed by atoms with E-state index in [0.29, 0.717) is 32.5 Å². The van der Waals surface area contributed by atoms with Gasteiger partial charge in [-0.1, -0.05) is 0 Å². The van der Waals surface area contributed by atoms with Crippen molar-refractivity contribution in [3.63, 3.8) is 0 Å². The largest absolute Gasteiger partial charge is 0.488 e. The van der Waals surface area contributed by atoms with Crippen LogP contribution in [0.5, 0.6) is 5.75 Å². The van der Waals surface area contributed by atoms with E-state index in [1.807, 2.05) is 17.0 Å². The summed E-state index contributed by atoms with van der Waals surface area (Å²) in [6, 6.07) is 3.64. The number of likely N-dealkylation sites (tertiary alicyclic amines) is 1. The summed E-state index contributed by atoms with van der Waals surface area (Å²) >= 11 is 0. The van der Waals surface area contributed by atoms with Gasteiger partial charge in [0.25, 0.3) is 0 Å². The lowest BCUT2D eigenvalue weighted by atomic mass is 9.95. The van der Waals surface area contributed by atoms with E-state index in [-0.39, 0.29) is 17.9 Å². The lowest BCUT2D eigenvalue weighted by Gasteiger charge is -2.37. The van der Waals surface area contributed by atoms with Crippen LogP contribution in [-0.4, -0.2) is 67.1 Å². The maximum atomic E-state index is 12.8. The molecule has 1 aromatic rings. The second-order valence-corrected chi connectivity index (χ2v) is 8.77. The summed E-state index contributed by atoms with van der Waals surface area (Å²) in [6.07, 6.45) is 7.64. The van der Waals surface area contributed by atoms with Crippen molar-refractivity contribution >= 4 is 15.9 Å². The SMILES string of the molecule is CS(=O)(=O)N1CCC(C(=O)N2CCC[C@H](Oc3ccncc3)C2)CC1. The first-order chi connectivity index (χ1) is 11.9. The van der Waals surface area contributed by atoms with E-state index in [9.17, 15) is 13.2 Å². The number of hydrogen-bond donors (Lipinski definition) is 0. The molecule has 2 aliphatic heterocycles. The molecule has 1 atom stereocenters. The number of carbonyl (C=O) groups excluding carboxylic acids is 1. The highest BCUT2D eigenvalue weighted by atomic mass is 32.2. The van der Waals surface area contributed by atoms with Crippen LogP contribution in [0.4, 0.5) is 0 Å². The fourth-order valence-electron chi connectivity index (χ4n) is 3.54. The molecule has 1 aromatic heterocycles. The number of sulfonamides is 1. The molecule has 138 valence electrons. The van der Waals surface area contributed by atoms with Gasteiger partial charge < -0.3 is 9.64 Å². The molecule has 2 fully saturated rings. The van der Waals surface area contributed by atoms with Crippen molar-refractivity contribution < 1.29 is 17.9 Å². The van der Waals surface area contributed by atoms with Crippen molar-refractivity contribution in [2.75, 3.05) is 32.4 Å². The number of rotatable bonds is 4. The molecule has 0 aliphatic carbocycles. The molecular weight excluding hydrogens is 342 g/mol. The third-order valence-electron chi connectivity index (χ3n) is 4.91.